The summed E-state index contributed by atoms with van der Waals surface area (Å²) in [6.45, 7) is 4.67. The summed E-state index contributed by atoms with van der Waals surface area (Å²) < 4.78 is 5.41. The summed E-state index contributed by atoms with van der Waals surface area (Å²) in [6.07, 6.45) is 7.30. The normalized spacial score (nSPS) is 27.1. The minimum Gasteiger partial charge on any atom is -0.477 e. The standard InChI is InChI=1S/C13H20N4O/c1-2-18-13-8-14-7-12(16-13)17-6-5-10-3-4-11(9-17)15-10/h7-8,10-11,15H,2-6,9H2,1H3. The fourth-order valence-electron chi connectivity index (χ4n) is 2.86. The molecule has 5 heteroatoms. The SMILES string of the molecule is CCOc1cncc(N2CCC3CCC(C2)N3)n1. The number of hydrogen-bond donors (Lipinski definition) is 1. The van der Waals surface area contributed by atoms with Crippen molar-refractivity contribution in [2.45, 2.75) is 38.3 Å². The van der Waals surface area contributed by atoms with Gasteiger partial charge in [0, 0.05) is 25.2 Å². The van der Waals surface area contributed by atoms with Crippen LogP contribution in [0.15, 0.2) is 12.4 Å². The number of ether oxygens (including phenoxy) is 1. The minimum atomic E-state index is 0.607. The van der Waals surface area contributed by atoms with Gasteiger partial charge in [-0.05, 0) is 26.2 Å². The van der Waals surface area contributed by atoms with Crippen LogP contribution in [0.3, 0.4) is 0 Å². The third-order valence-electron chi connectivity index (χ3n) is 3.74. The van der Waals surface area contributed by atoms with Crippen LogP contribution in [0.2, 0.25) is 0 Å². The van der Waals surface area contributed by atoms with Crippen LogP contribution in [0.5, 0.6) is 5.88 Å². The van der Waals surface area contributed by atoms with Crippen molar-refractivity contribution >= 4 is 5.82 Å². The highest BCUT2D eigenvalue weighted by Gasteiger charge is 2.29. The second-order valence-corrected chi connectivity index (χ2v) is 5.02. The lowest BCUT2D eigenvalue weighted by atomic mass is 10.1. The highest BCUT2D eigenvalue weighted by molar-refractivity contribution is 5.38. The summed E-state index contributed by atoms with van der Waals surface area (Å²) in [5.74, 6) is 1.56. The molecular weight excluding hydrogens is 228 g/mol. The molecule has 98 valence electrons. The van der Waals surface area contributed by atoms with Crippen LogP contribution < -0.4 is 15.0 Å². The Morgan fingerprint density at radius 1 is 1.33 bits per heavy atom. The van der Waals surface area contributed by atoms with Crippen molar-refractivity contribution in [2.24, 2.45) is 0 Å². The van der Waals surface area contributed by atoms with E-state index in [9.17, 15) is 0 Å². The molecular formula is C13H20N4O. The van der Waals surface area contributed by atoms with E-state index in [4.69, 9.17) is 4.74 Å². The fraction of sp³-hybridized carbons (Fsp3) is 0.692. The maximum Gasteiger partial charge on any atom is 0.234 e. The van der Waals surface area contributed by atoms with E-state index in [2.05, 4.69) is 20.2 Å². The molecule has 3 heterocycles. The Balaban J connectivity index is 1.75. The Hall–Kier alpha value is -1.36. The Kier molecular flexibility index (Phi) is 3.32. The van der Waals surface area contributed by atoms with Gasteiger partial charge in [0.05, 0.1) is 19.0 Å². The summed E-state index contributed by atoms with van der Waals surface area (Å²) >= 11 is 0. The first-order valence-corrected chi connectivity index (χ1v) is 6.81. The summed E-state index contributed by atoms with van der Waals surface area (Å²) in [5.41, 5.74) is 0. The van der Waals surface area contributed by atoms with Crippen molar-refractivity contribution in [2.75, 3.05) is 24.6 Å². The number of nitrogens with one attached hydrogen (secondary N) is 1. The average molecular weight is 248 g/mol. The van der Waals surface area contributed by atoms with Crippen LogP contribution in [0.4, 0.5) is 5.82 Å². The molecule has 2 fully saturated rings. The van der Waals surface area contributed by atoms with Crippen molar-refractivity contribution in [1.29, 1.82) is 0 Å². The van der Waals surface area contributed by atoms with Gasteiger partial charge in [0.25, 0.3) is 0 Å². The summed E-state index contributed by atoms with van der Waals surface area (Å²) in [5, 5.41) is 3.67. The second-order valence-electron chi connectivity index (χ2n) is 5.02. The van der Waals surface area contributed by atoms with Gasteiger partial charge in [0.15, 0.2) is 5.82 Å². The molecule has 5 nitrogen and oxygen atoms in total. The van der Waals surface area contributed by atoms with Crippen LogP contribution in [0.25, 0.3) is 0 Å². The van der Waals surface area contributed by atoms with Crippen molar-refractivity contribution < 1.29 is 4.74 Å². The smallest absolute Gasteiger partial charge is 0.234 e. The van der Waals surface area contributed by atoms with Crippen molar-refractivity contribution in [3.63, 3.8) is 0 Å². The Morgan fingerprint density at radius 3 is 3.11 bits per heavy atom. The van der Waals surface area contributed by atoms with Crippen molar-refractivity contribution in [3.8, 4) is 5.88 Å². The van der Waals surface area contributed by atoms with Crippen LogP contribution in [0, 0.1) is 0 Å². The highest BCUT2D eigenvalue weighted by atomic mass is 16.5. The molecule has 1 N–H and O–H groups in total. The van der Waals surface area contributed by atoms with Gasteiger partial charge in [0.1, 0.15) is 0 Å². The molecule has 2 aliphatic heterocycles. The molecule has 0 spiro atoms. The lowest BCUT2D eigenvalue weighted by molar-refractivity contribution is 0.325. The molecule has 2 bridgehead atoms. The van der Waals surface area contributed by atoms with Gasteiger partial charge >= 0.3 is 0 Å². The van der Waals surface area contributed by atoms with Crippen molar-refractivity contribution in [3.05, 3.63) is 12.4 Å². The monoisotopic (exact) mass is 248 g/mol. The molecule has 18 heavy (non-hydrogen) atoms. The van der Waals surface area contributed by atoms with Crippen LogP contribution in [0.1, 0.15) is 26.2 Å². The molecule has 1 aromatic heterocycles. The Morgan fingerprint density at radius 2 is 2.22 bits per heavy atom. The molecule has 0 saturated carbocycles. The van der Waals surface area contributed by atoms with Gasteiger partial charge in [-0.25, -0.2) is 0 Å². The van der Waals surface area contributed by atoms with E-state index in [1.165, 1.54) is 19.3 Å². The van der Waals surface area contributed by atoms with E-state index < -0.39 is 0 Å². The number of fused-ring (bicyclic) bond motifs is 2. The third-order valence-corrected chi connectivity index (χ3v) is 3.74. The number of nitrogens with zero attached hydrogens (tertiary/aromatic N) is 3. The van der Waals surface area contributed by atoms with Gasteiger partial charge in [-0.1, -0.05) is 0 Å². The van der Waals surface area contributed by atoms with Crippen LogP contribution in [-0.2, 0) is 0 Å². The zero-order valence-electron chi connectivity index (χ0n) is 10.8. The van der Waals surface area contributed by atoms with Crippen molar-refractivity contribution in [1.82, 2.24) is 15.3 Å². The van der Waals surface area contributed by atoms with E-state index in [-0.39, 0.29) is 0 Å². The van der Waals surface area contributed by atoms with Crippen LogP contribution in [-0.4, -0.2) is 41.7 Å². The number of anilines is 1. The molecule has 0 aliphatic carbocycles. The first kappa shape index (κ1) is 11.7. The first-order chi connectivity index (χ1) is 8.85. The zero-order chi connectivity index (χ0) is 12.4. The molecule has 0 aromatic carbocycles. The van der Waals surface area contributed by atoms with E-state index in [0.29, 0.717) is 24.6 Å². The number of hydrogen-bond acceptors (Lipinski definition) is 5. The topological polar surface area (TPSA) is 50.3 Å². The molecule has 0 amide bonds. The summed E-state index contributed by atoms with van der Waals surface area (Å²) in [7, 11) is 0. The lowest BCUT2D eigenvalue weighted by Crippen LogP contribution is -2.35. The minimum absolute atomic E-state index is 0.607. The third kappa shape index (κ3) is 2.41. The predicted octanol–water partition coefficient (Wildman–Crippen LogP) is 1.21. The van der Waals surface area contributed by atoms with Gasteiger partial charge in [-0.3, -0.25) is 4.98 Å². The molecule has 2 atom stereocenters. The number of aromatic nitrogens is 2. The first-order valence-electron chi connectivity index (χ1n) is 6.81. The quantitative estimate of drug-likeness (QED) is 0.871. The van der Waals surface area contributed by atoms with Gasteiger partial charge in [-0.15, -0.1) is 0 Å². The van der Waals surface area contributed by atoms with E-state index in [0.717, 1.165) is 18.9 Å². The van der Waals surface area contributed by atoms with E-state index >= 15 is 0 Å². The average Bonchev–Trinajstić information content (AvgIpc) is 2.70. The molecule has 3 rings (SSSR count). The zero-order valence-corrected chi connectivity index (χ0v) is 10.8. The van der Waals surface area contributed by atoms with Gasteiger partial charge < -0.3 is 15.0 Å². The molecule has 2 aliphatic rings. The van der Waals surface area contributed by atoms with Gasteiger partial charge in [-0.2, -0.15) is 4.98 Å². The molecule has 2 unspecified atom stereocenters. The van der Waals surface area contributed by atoms with E-state index in [1.54, 1.807) is 6.20 Å². The predicted molar refractivity (Wildman–Crippen MR) is 70.0 cm³/mol. The maximum absolute atomic E-state index is 5.41. The molecule has 1 aromatic rings. The van der Waals surface area contributed by atoms with Gasteiger partial charge in [0.2, 0.25) is 5.88 Å². The summed E-state index contributed by atoms with van der Waals surface area (Å²) in [4.78, 5) is 11.1. The molecule has 2 saturated heterocycles. The maximum atomic E-state index is 5.41. The second kappa shape index (κ2) is 5.10. The Labute approximate surface area is 108 Å². The lowest BCUT2D eigenvalue weighted by Gasteiger charge is -2.25. The summed E-state index contributed by atoms with van der Waals surface area (Å²) in [6, 6.07) is 1.30. The number of rotatable bonds is 3. The van der Waals surface area contributed by atoms with E-state index in [1.807, 2.05) is 13.1 Å². The highest BCUT2D eigenvalue weighted by Crippen LogP contribution is 2.24. The Bertz CT molecular complexity index is 412. The molecule has 0 radical (unpaired) electrons. The largest absolute Gasteiger partial charge is 0.477 e. The van der Waals surface area contributed by atoms with Crippen LogP contribution >= 0.6 is 0 Å². The fourth-order valence-corrected chi connectivity index (χ4v) is 2.86.